The number of carbonyl (C=O) groups is 1. The summed E-state index contributed by atoms with van der Waals surface area (Å²) in [4.78, 5) is 13.4. The van der Waals surface area contributed by atoms with Gasteiger partial charge in [0, 0.05) is 18.3 Å². The number of carboxylic acids is 1. The van der Waals surface area contributed by atoms with Crippen molar-refractivity contribution in [3.05, 3.63) is 101 Å². The molecule has 4 nitrogen and oxygen atoms in total. The number of nitrogens with zero attached hydrogens (tertiary/aromatic N) is 1. The minimum atomic E-state index is -0.960. The van der Waals surface area contributed by atoms with E-state index < -0.39 is 11.5 Å². The van der Waals surface area contributed by atoms with Gasteiger partial charge in [-0.25, -0.2) is 4.79 Å². The van der Waals surface area contributed by atoms with E-state index in [0.29, 0.717) is 5.92 Å². The quantitative estimate of drug-likeness (QED) is 0.495. The van der Waals surface area contributed by atoms with Gasteiger partial charge in [-0.2, -0.15) is 0 Å². The highest BCUT2D eigenvalue weighted by atomic mass is 16.4. The molecule has 0 amide bonds. The summed E-state index contributed by atoms with van der Waals surface area (Å²) in [5.41, 5.74) is 6.38. The van der Waals surface area contributed by atoms with Crippen molar-refractivity contribution < 1.29 is 15.0 Å². The Hall–Kier alpha value is -3.53. The molecule has 0 aliphatic carbocycles. The maximum atomic E-state index is 10.9. The summed E-state index contributed by atoms with van der Waals surface area (Å²) in [6.07, 6.45) is 3.61. The Morgan fingerprint density at radius 2 is 1.78 bits per heavy atom. The predicted molar refractivity (Wildman–Crippen MR) is 129 cm³/mol. The Labute approximate surface area is 189 Å². The average molecular weight is 428 g/mol. The fraction of sp³-hybridized carbons (Fsp3) is 0.250. The van der Waals surface area contributed by atoms with Crippen molar-refractivity contribution >= 4 is 17.7 Å². The van der Waals surface area contributed by atoms with Crippen molar-refractivity contribution in [1.29, 1.82) is 0 Å². The van der Waals surface area contributed by atoms with Gasteiger partial charge in [-0.05, 0) is 71.4 Å². The summed E-state index contributed by atoms with van der Waals surface area (Å²) in [6.45, 7) is 7.50. The third-order valence-electron chi connectivity index (χ3n) is 6.50. The van der Waals surface area contributed by atoms with Crippen molar-refractivity contribution in [2.75, 3.05) is 11.4 Å². The number of phenolic OH excluding ortho intramolecular Hbond substituents is 1. The summed E-state index contributed by atoms with van der Waals surface area (Å²) in [5.74, 6) is -0.282. The van der Waals surface area contributed by atoms with Gasteiger partial charge in [-0.15, -0.1) is 0 Å². The molecule has 164 valence electrons. The zero-order chi connectivity index (χ0) is 22.9. The van der Waals surface area contributed by atoms with Gasteiger partial charge in [0.05, 0.1) is 5.54 Å². The van der Waals surface area contributed by atoms with E-state index in [-0.39, 0.29) is 5.75 Å². The lowest BCUT2D eigenvalue weighted by molar-refractivity contribution is -0.131. The molecule has 1 heterocycles. The number of phenols is 1. The lowest BCUT2D eigenvalue weighted by Crippen LogP contribution is -2.50. The van der Waals surface area contributed by atoms with Gasteiger partial charge in [0.2, 0.25) is 0 Å². The Balaban J connectivity index is 1.88. The first-order chi connectivity index (χ1) is 15.3. The normalized spacial score (nSPS) is 18.2. The molecular weight excluding hydrogens is 398 g/mol. The van der Waals surface area contributed by atoms with Crippen LogP contribution in [0.15, 0.2) is 72.8 Å². The number of benzene rings is 3. The van der Waals surface area contributed by atoms with Crippen molar-refractivity contribution in [2.45, 2.75) is 38.6 Å². The Kier molecular flexibility index (Phi) is 5.79. The number of rotatable bonds is 5. The second-order valence-electron chi connectivity index (χ2n) is 8.82. The largest absolute Gasteiger partial charge is 0.508 e. The van der Waals surface area contributed by atoms with Crippen LogP contribution in [0.3, 0.4) is 0 Å². The minimum absolute atomic E-state index is 0.288. The highest BCUT2D eigenvalue weighted by Crippen LogP contribution is 2.46. The third-order valence-corrected chi connectivity index (χ3v) is 6.50. The molecule has 4 rings (SSSR count). The Morgan fingerprint density at radius 3 is 2.47 bits per heavy atom. The van der Waals surface area contributed by atoms with E-state index in [0.717, 1.165) is 35.7 Å². The molecule has 0 saturated heterocycles. The fourth-order valence-electron chi connectivity index (χ4n) is 4.84. The zero-order valence-electron chi connectivity index (χ0n) is 18.7. The van der Waals surface area contributed by atoms with E-state index in [1.807, 2.05) is 24.3 Å². The van der Waals surface area contributed by atoms with Crippen LogP contribution in [-0.2, 0) is 16.8 Å². The van der Waals surface area contributed by atoms with E-state index in [1.165, 1.54) is 16.8 Å². The molecule has 0 spiro atoms. The standard InChI is InChI=1S/C28H29NO3/c1-19(2)24-6-4-5-7-26(24)29-17-16-21-18-23(30)13-14-25(21)28(29,3)22-11-8-20(9-12-22)10-15-27(31)32/h4-15,18-19,30H,16-17H2,1-3H3,(H,31,32)/b15-10+. The van der Waals surface area contributed by atoms with Crippen LogP contribution in [-0.4, -0.2) is 22.7 Å². The summed E-state index contributed by atoms with van der Waals surface area (Å²) >= 11 is 0. The molecule has 1 atom stereocenters. The molecule has 3 aromatic rings. The summed E-state index contributed by atoms with van der Waals surface area (Å²) in [6, 6.07) is 22.3. The van der Waals surface area contributed by atoms with Crippen LogP contribution in [0.5, 0.6) is 5.75 Å². The van der Waals surface area contributed by atoms with Crippen LogP contribution in [0.2, 0.25) is 0 Å². The molecule has 0 saturated carbocycles. The zero-order valence-corrected chi connectivity index (χ0v) is 18.7. The summed E-state index contributed by atoms with van der Waals surface area (Å²) in [7, 11) is 0. The molecule has 1 unspecified atom stereocenters. The third kappa shape index (κ3) is 3.89. The summed E-state index contributed by atoms with van der Waals surface area (Å²) in [5, 5.41) is 19.0. The van der Waals surface area contributed by atoms with E-state index in [9.17, 15) is 9.90 Å². The molecule has 1 aliphatic rings. The molecule has 0 bridgehead atoms. The van der Waals surface area contributed by atoms with Crippen molar-refractivity contribution in [1.82, 2.24) is 0 Å². The first-order valence-corrected chi connectivity index (χ1v) is 11.0. The lowest BCUT2D eigenvalue weighted by atomic mass is 9.76. The number of hydrogen-bond donors (Lipinski definition) is 2. The molecule has 1 aliphatic heterocycles. The maximum Gasteiger partial charge on any atom is 0.328 e. The van der Waals surface area contributed by atoms with E-state index in [1.54, 1.807) is 12.1 Å². The second kappa shape index (κ2) is 8.54. The average Bonchev–Trinajstić information content (AvgIpc) is 2.78. The summed E-state index contributed by atoms with van der Waals surface area (Å²) < 4.78 is 0. The Morgan fingerprint density at radius 1 is 1.06 bits per heavy atom. The minimum Gasteiger partial charge on any atom is -0.508 e. The maximum absolute atomic E-state index is 10.9. The van der Waals surface area contributed by atoms with Gasteiger partial charge in [0.25, 0.3) is 0 Å². The Bertz CT molecular complexity index is 1160. The van der Waals surface area contributed by atoms with Gasteiger partial charge in [-0.3, -0.25) is 0 Å². The van der Waals surface area contributed by atoms with Gasteiger partial charge in [-0.1, -0.05) is 62.4 Å². The molecule has 32 heavy (non-hydrogen) atoms. The molecular formula is C28H29NO3. The van der Waals surface area contributed by atoms with Crippen LogP contribution in [0, 0.1) is 0 Å². The number of fused-ring (bicyclic) bond motifs is 1. The van der Waals surface area contributed by atoms with E-state index in [2.05, 4.69) is 62.1 Å². The van der Waals surface area contributed by atoms with Crippen LogP contribution in [0.4, 0.5) is 5.69 Å². The molecule has 2 N–H and O–H groups in total. The van der Waals surface area contributed by atoms with Gasteiger partial charge in [0.15, 0.2) is 0 Å². The highest BCUT2D eigenvalue weighted by molar-refractivity contribution is 5.85. The number of anilines is 1. The SMILES string of the molecule is CC(C)c1ccccc1N1CCc2cc(O)ccc2C1(C)c1ccc(/C=C/C(=O)O)cc1. The van der Waals surface area contributed by atoms with E-state index in [4.69, 9.17) is 5.11 Å². The van der Waals surface area contributed by atoms with Crippen LogP contribution < -0.4 is 4.90 Å². The molecule has 0 aromatic heterocycles. The van der Waals surface area contributed by atoms with Gasteiger partial charge in [0.1, 0.15) is 5.75 Å². The lowest BCUT2D eigenvalue weighted by Gasteiger charge is -2.49. The number of para-hydroxylation sites is 1. The highest BCUT2D eigenvalue weighted by Gasteiger charge is 2.41. The van der Waals surface area contributed by atoms with E-state index >= 15 is 0 Å². The van der Waals surface area contributed by atoms with Crippen LogP contribution in [0.25, 0.3) is 6.08 Å². The fourth-order valence-corrected chi connectivity index (χ4v) is 4.84. The van der Waals surface area contributed by atoms with Crippen LogP contribution >= 0.6 is 0 Å². The smallest absolute Gasteiger partial charge is 0.328 e. The number of aromatic hydroxyl groups is 1. The first-order valence-electron chi connectivity index (χ1n) is 11.0. The number of hydrogen-bond acceptors (Lipinski definition) is 3. The topological polar surface area (TPSA) is 60.8 Å². The molecule has 0 fully saturated rings. The van der Waals surface area contributed by atoms with Crippen molar-refractivity contribution in [2.24, 2.45) is 0 Å². The monoisotopic (exact) mass is 427 g/mol. The number of aliphatic carboxylic acids is 1. The second-order valence-corrected chi connectivity index (χ2v) is 8.82. The predicted octanol–water partition coefficient (Wildman–Crippen LogP) is 5.94. The molecule has 0 radical (unpaired) electrons. The van der Waals surface area contributed by atoms with Gasteiger partial charge >= 0.3 is 5.97 Å². The van der Waals surface area contributed by atoms with Crippen LogP contribution in [0.1, 0.15) is 54.5 Å². The van der Waals surface area contributed by atoms with Crippen molar-refractivity contribution in [3.8, 4) is 5.75 Å². The van der Waals surface area contributed by atoms with Gasteiger partial charge < -0.3 is 15.1 Å². The molecule has 3 aromatic carbocycles. The molecule has 4 heteroatoms. The first kappa shape index (κ1) is 21.7. The van der Waals surface area contributed by atoms with Crippen molar-refractivity contribution in [3.63, 3.8) is 0 Å². The number of carboxylic acid groups (broad SMARTS) is 1.